The molecule has 2 N–H and O–H groups in total. The van der Waals surface area contributed by atoms with Crippen molar-refractivity contribution < 1.29 is 39.4 Å². The lowest BCUT2D eigenvalue weighted by Crippen LogP contribution is -2.37. The Bertz CT molecular complexity index is 896. The molecule has 206 valence electrons. The van der Waals surface area contributed by atoms with E-state index < -0.39 is 34.3 Å². The van der Waals surface area contributed by atoms with Gasteiger partial charge in [0, 0.05) is 12.8 Å². The first-order valence-electron chi connectivity index (χ1n) is 12.7. The second kappa shape index (κ2) is 12.5. The molecule has 0 aromatic heterocycles. The van der Waals surface area contributed by atoms with E-state index in [4.69, 9.17) is 19.6 Å². The van der Waals surface area contributed by atoms with Crippen LogP contribution in [0.4, 0.5) is 0 Å². The monoisotopic (exact) mass is 510 g/mol. The molecule has 0 amide bonds. The maximum absolute atomic E-state index is 12.6. The third-order valence-corrected chi connectivity index (χ3v) is 5.50. The molecule has 1 aromatic rings. The zero-order chi connectivity index (χ0) is 27.9. The lowest BCUT2D eigenvalue weighted by molar-refractivity contribution is -0.401. The number of hydrogen-bond acceptors (Lipinski definition) is 6. The van der Waals surface area contributed by atoms with E-state index in [2.05, 4.69) is 0 Å². The lowest BCUT2D eigenvalue weighted by Gasteiger charge is -2.34. The van der Waals surface area contributed by atoms with Crippen molar-refractivity contribution in [1.82, 2.24) is 0 Å². The number of carbonyl (C=O) groups is 2. The minimum Gasteiger partial charge on any atom is -0.478 e. The highest BCUT2D eigenvalue weighted by Crippen LogP contribution is 2.34. The van der Waals surface area contributed by atoms with Gasteiger partial charge in [-0.3, -0.25) is 0 Å². The molecule has 0 radical (unpaired) electrons. The van der Waals surface area contributed by atoms with Crippen LogP contribution in [0.15, 0.2) is 12.1 Å². The minimum absolute atomic E-state index is 0.0433. The molecule has 1 rings (SSSR count). The van der Waals surface area contributed by atoms with Crippen molar-refractivity contribution in [1.29, 1.82) is 0 Å². The fourth-order valence-corrected chi connectivity index (χ4v) is 4.10. The molecule has 0 aliphatic rings. The Labute approximate surface area is 216 Å². The number of hydrogen-bond donors (Lipinski definition) is 2. The van der Waals surface area contributed by atoms with Gasteiger partial charge >= 0.3 is 11.9 Å². The summed E-state index contributed by atoms with van der Waals surface area (Å²) >= 11 is 0. The van der Waals surface area contributed by atoms with Crippen LogP contribution in [-0.2, 0) is 32.4 Å². The SMILES string of the molecule is CCCC(C)(Cc1ccc(C(=O)O)c(CC(C)(CCC)OOC(C)(C)C)c1C(=O)O)OOC(C)(C)C. The van der Waals surface area contributed by atoms with E-state index in [0.717, 1.165) is 12.8 Å². The number of rotatable bonds is 14. The fourth-order valence-electron chi connectivity index (χ4n) is 4.10. The van der Waals surface area contributed by atoms with Crippen LogP contribution in [0.5, 0.6) is 0 Å². The zero-order valence-electron chi connectivity index (χ0n) is 23.7. The summed E-state index contributed by atoms with van der Waals surface area (Å²) in [4.78, 5) is 47.7. The maximum Gasteiger partial charge on any atom is 0.336 e. The largest absolute Gasteiger partial charge is 0.478 e. The van der Waals surface area contributed by atoms with Crippen LogP contribution in [0.1, 0.15) is 127 Å². The van der Waals surface area contributed by atoms with Gasteiger partial charge < -0.3 is 10.2 Å². The molecule has 0 heterocycles. The predicted molar refractivity (Wildman–Crippen MR) is 138 cm³/mol. The van der Waals surface area contributed by atoms with Gasteiger partial charge in [-0.15, -0.1) is 0 Å². The average molecular weight is 511 g/mol. The van der Waals surface area contributed by atoms with Gasteiger partial charge in [-0.2, -0.15) is 0 Å². The molecule has 8 nitrogen and oxygen atoms in total. The van der Waals surface area contributed by atoms with E-state index >= 15 is 0 Å². The van der Waals surface area contributed by atoms with Gasteiger partial charge in [0.05, 0.1) is 22.3 Å². The van der Waals surface area contributed by atoms with Crippen LogP contribution >= 0.6 is 0 Å². The molecule has 0 aliphatic heterocycles. The standard InChI is InChI=1S/C28H46O8/c1-11-15-27(9,35-33-25(3,4)5)17-19-13-14-20(23(29)30)21(22(19)24(31)32)18-28(10,16-12-2)36-34-26(6,7)8/h13-14H,11-12,15-18H2,1-10H3,(H,29,30)(H,31,32). The molecule has 0 spiro atoms. The van der Waals surface area contributed by atoms with E-state index in [0.29, 0.717) is 18.4 Å². The summed E-state index contributed by atoms with van der Waals surface area (Å²) < 4.78 is 0. The van der Waals surface area contributed by atoms with Crippen LogP contribution in [0.3, 0.4) is 0 Å². The first-order chi connectivity index (χ1) is 16.4. The number of aromatic carboxylic acids is 2. The predicted octanol–water partition coefficient (Wildman–Crippen LogP) is 6.78. The summed E-state index contributed by atoms with van der Waals surface area (Å²) in [7, 11) is 0. The van der Waals surface area contributed by atoms with Crippen LogP contribution in [0.25, 0.3) is 0 Å². The van der Waals surface area contributed by atoms with Gasteiger partial charge in [-0.1, -0.05) is 32.8 Å². The van der Waals surface area contributed by atoms with Crippen molar-refractivity contribution in [3.63, 3.8) is 0 Å². The Morgan fingerprint density at radius 3 is 1.50 bits per heavy atom. The van der Waals surface area contributed by atoms with Crippen LogP contribution in [0, 0.1) is 0 Å². The summed E-state index contributed by atoms with van der Waals surface area (Å²) in [6.07, 6.45) is 2.98. The summed E-state index contributed by atoms with van der Waals surface area (Å²) in [5.74, 6) is -2.40. The van der Waals surface area contributed by atoms with Crippen molar-refractivity contribution in [2.24, 2.45) is 0 Å². The number of carboxylic acids is 2. The Hall–Kier alpha value is -2.00. The average Bonchev–Trinajstić information content (AvgIpc) is 2.70. The fraction of sp³-hybridized carbons (Fsp3) is 0.714. The third-order valence-electron chi connectivity index (χ3n) is 5.50. The first kappa shape index (κ1) is 32.0. The topological polar surface area (TPSA) is 112 Å². The summed E-state index contributed by atoms with van der Waals surface area (Å²) in [6, 6.07) is 3.03. The van der Waals surface area contributed by atoms with Crippen molar-refractivity contribution in [3.05, 3.63) is 34.4 Å². The molecular formula is C28H46O8. The third kappa shape index (κ3) is 10.2. The van der Waals surface area contributed by atoms with E-state index in [1.165, 1.54) is 6.07 Å². The Morgan fingerprint density at radius 2 is 1.14 bits per heavy atom. The molecule has 0 saturated carbocycles. The van der Waals surface area contributed by atoms with Crippen molar-refractivity contribution in [3.8, 4) is 0 Å². The second-order valence-electron chi connectivity index (χ2n) is 12.0. The Balaban J connectivity index is 3.62. The van der Waals surface area contributed by atoms with E-state index in [1.54, 1.807) is 6.07 Å². The first-order valence-corrected chi connectivity index (χ1v) is 12.7. The highest BCUT2D eigenvalue weighted by molar-refractivity contribution is 5.98. The second-order valence-corrected chi connectivity index (χ2v) is 12.0. The zero-order valence-corrected chi connectivity index (χ0v) is 23.7. The van der Waals surface area contributed by atoms with Crippen LogP contribution in [0.2, 0.25) is 0 Å². The molecule has 2 unspecified atom stereocenters. The van der Waals surface area contributed by atoms with Crippen molar-refractivity contribution in [2.75, 3.05) is 0 Å². The van der Waals surface area contributed by atoms with Gasteiger partial charge in [0.2, 0.25) is 0 Å². The van der Waals surface area contributed by atoms with Gasteiger partial charge in [-0.25, -0.2) is 29.1 Å². The normalized spacial score (nSPS) is 15.8. The molecule has 1 aromatic carbocycles. The number of benzene rings is 1. The van der Waals surface area contributed by atoms with Gasteiger partial charge in [0.15, 0.2) is 0 Å². The molecule has 0 saturated heterocycles. The lowest BCUT2D eigenvalue weighted by atomic mass is 9.82. The van der Waals surface area contributed by atoms with E-state index in [1.807, 2.05) is 69.2 Å². The quantitative estimate of drug-likeness (QED) is 0.208. The maximum atomic E-state index is 12.6. The smallest absolute Gasteiger partial charge is 0.336 e. The van der Waals surface area contributed by atoms with Gasteiger partial charge in [0.25, 0.3) is 0 Å². The van der Waals surface area contributed by atoms with E-state index in [-0.39, 0.29) is 29.5 Å². The molecule has 8 heteroatoms. The van der Waals surface area contributed by atoms with Crippen molar-refractivity contribution >= 4 is 11.9 Å². The Kier molecular flexibility index (Phi) is 11.1. The highest BCUT2D eigenvalue weighted by atomic mass is 17.2. The van der Waals surface area contributed by atoms with Crippen LogP contribution in [-0.4, -0.2) is 44.6 Å². The van der Waals surface area contributed by atoms with E-state index in [9.17, 15) is 19.8 Å². The molecule has 0 aliphatic carbocycles. The molecule has 36 heavy (non-hydrogen) atoms. The summed E-state index contributed by atoms with van der Waals surface area (Å²) in [5.41, 5.74) is -2.31. The molecule has 0 bridgehead atoms. The van der Waals surface area contributed by atoms with Crippen molar-refractivity contribution in [2.45, 2.75) is 130 Å². The molecular weight excluding hydrogens is 464 g/mol. The summed E-state index contributed by atoms with van der Waals surface area (Å²) in [5, 5.41) is 20.2. The molecule has 0 fully saturated rings. The Morgan fingerprint density at radius 1 is 0.694 bits per heavy atom. The minimum atomic E-state index is -1.20. The van der Waals surface area contributed by atoms with Gasteiger partial charge in [-0.05, 0) is 85.4 Å². The summed E-state index contributed by atoms with van der Waals surface area (Å²) in [6.45, 7) is 18.8. The van der Waals surface area contributed by atoms with Gasteiger partial charge in [0.1, 0.15) is 11.2 Å². The highest BCUT2D eigenvalue weighted by Gasteiger charge is 2.36. The van der Waals surface area contributed by atoms with Crippen LogP contribution < -0.4 is 0 Å². The molecule has 2 atom stereocenters. The number of carboxylic acid groups (broad SMARTS) is 2.